The van der Waals surface area contributed by atoms with Crippen molar-refractivity contribution >= 4 is 23.3 Å². The third kappa shape index (κ3) is 5.98. The van der Waals surface area contributed by atoms with E-state index in [4.69, 9.17) is 19.4 Å². The van der Waals surface area contributed by atoms with Crippen LogP contribution in [0.2, 0.25) is 0 Å². The molecule has 10 nitrogen and oxygen atoms in total. The number of likely N-dealkylation sites (tertiary alicyclic amines) is 1. The molecule has 1 aromatic heterocycles. The monoisotopic (exact) mass is 449 g/mol. The zero-order valence-corrected chi connectivity index (χ0v) is 18.1. The van der Waals surface area contributed by atoms with Gasteiger partial charge < -0.3 is 40.0 Å². The minimum atomic E-state index is -0.774. The summed E-state index contributed by atoms with van der Waals surface area (Å²) in [5, 5.41) is 31.2. The van der Waals surface area contributed by atoms with Gasteiger partial charge in [0.1, 0.15) is 17.5 Å². The fourth-order valence-corrected chi connectivity index (χ4v) is 4.16. The number of benzene rings is 1. The number of piperidine rings is 1. The Labute approximate surface area is 186 Å². The molecule has 3 atom stereocenters. The average molecular weight is 450 g/mol. The smallest absolute Gasteiger partial charge is 0.290 e. The predicted molar refractivity (Wildman–Crippen MR) is 117 cm³/mol. The lowest BCUT2D eigenvalue weighted by Gasteiger charge is -2.39. The number of aliphatic hydroxyl groups is 2. The molecule has 2 aromatic rings. The van der Waals surface area contributed by atoms with Crippen molar-refractivity contribution in [3.8, 4) is 5.75 Å². The lowest BCUT2D eigenvalue weighted by Crippen LogP contribution is -2.56. The lowest BCUT2D eigenvalue weighted by molar-refractivity contribution is -0.122. The summed E-state index contributed by atoms with van der Waals surface area (Å²) in [6.45, 7) is 2.44. The minimum Gasteiger partial charge on any atom is -0.497 e. The molecule has 0 spiro atoms. The van der Waals surface area contributed by atoms with E-state index in [0.29, 0.717) is 25.3 Å². The second-order valence-corrected chi connectivity index (χ2v) is 8.04. The second-order valence-electron chi connectivity index (χ2n) is 8.04. The van der Waals surface area contributed by atoms with Gasteiger partial charge in [-0.05, 0) is 43.5 Å². The quantitative estimate of drug-likeness (QED) is 0.417. The first-order valence-electron chi connectivity index (χ1n) is 10.7. The fraction of sp³-hybridized carbons (Fsp3) is 0.545. The largest absolute Gasteiger partial charge is 0.497 e. The summed E-state index contributed by atoms with van der Waals surface area (Å²) < 4.78 is 11.0. The highest BCUT2D eigenvalue weighted by Crippen LogP contribution is 2.22. The number of carboxylic acid groups (broad SMARTS) is 1. The summed E-state index contributed by atoms with van der Waals surface area (Å²) in [4.78, 5) is 26.4. The van der Waals surface area contributed by atoms with Gasteiger partial charge in [0.05, 0.1) is 25.4 Å². The van der Waals surface area contributed by atoms with Crippen LogP contribution >= 0.6 is 0 Å². The van der Waals surface area contributed by atoms with E-state index in [1.165, 1.54) is 0 Å². The Kier molecular flexibility index (Phi) is 8.46. The molecular formula is C22H31N3O7. The number of hydrogen-bond acceptors (Lipinski definition) is 7. The van der Waals surface area contributed by atoms with Crippen molar-refractivity contribution in [2.24, 2.45) is 0 Å². The molecule has 0 aliphatic carbocycles. The molecule has 5 N–H and O–H groups in total. The molecule has 1 aromatic carbocycles. The second kappa shape index (κ2) is 11.3. The van der Waals surface area contributed by atoms with E-state index in [1.807, 2.05) is 18.2 Å². The van der Waals surface area contributed by atoms with E-state index in [-0.39, 0.29) is 30.6 Å². The van der Waals surface area contributed by atoms with Gasteiger partial charge in [0.15, 0.2) is 0 Å². The van der Waals surface area contributed by atoms with Gasteiger partial charge in [-0.1, -0.05) is 0 Å². The molecule has 4 rings (SSSR count). The summed E-state index contributed by atoms with van der Waals surface area (Å²) >= 11 is 0. The summed E-state index contributed by atoms with van der Waals surface area (Å²) in [6, 6.07) is 7.01. The number of methoxy groups -OCH3 is 1. The van der Waals surface area contributed by atoms with Crippen LogP contribution in [0, 0.1) is 0 Å². The Bertz CT molecular complexity index is 895. The van der Waals surface area contributed by atoms with Gasteiger partial charge in [-0.15, -0.1) is 0 Å². The van der Waals surface area contributed by atoms with Crippen LogP contribution in [0.15, 0.2) is 24.3 Å². The van der Waals surface area contributed by atoms with Crippen LogP contribution in [-0.4, -0.2) is 95.3 Å². The molecule has 2 saturated heterocycles. The van der Waals surface area contributed by atoms with Crippen LogP contribution < -0.4 is 10.1 Å². The number of fused-ring (bicyclic) bond motifs is 1. The van der Waals surface area contributed by atoms with Crippen LogP contribution in [0.4, 0.5) is 0 Å². The van der Waals surface area contributed by atoms with E-state index in [1.54, 1.807) is 13.2 Å². The Hall–Kier alpha value is -2.66. The molecule has 176 valence electrons. The number of aromatic amines is 1. The van der Waals surface area contributed by atoms with Gasteiger partial charge in [0, 0.05) is 37.1 Å². The Balaban J connectivity index is 0.000000913. The molecule has 32 heavy (non-hydrogen) atoms. The van der Waals surface area contributed by atoms with Crippen LogP contribution in [-0.2, 0) is 9.53 Å². The molecule has 0 bridgehead atoms. The van der Waals surface area contributed by atoms with Gasteiger partial charge in [-0.3, -0.25) is 9.59 Å². The number of H-pyrrole nitrogens is 1. The topological polar surface area (TPSA) is 144 Å². The normalized spacial score (nSPS) is 24.4. The number of nitrogens with zero attached hydrogens (tertiary/aromatic N) is 1. The van der Waals surface area contributed by atoms with Crippen molar-refractivity contribution in [1.82, 2.24) is 15.2 Å². The molecule has 2 fully saturated rings. The molecule has 10 heteroatoms. The summed E-state index contributed by atoms with van der Waals surface area (Å²) in [6.07, 6.45) is 0.699. The minimum absolute atomic E-state index is 0.230. The number of ether oxygens (including phenoxy) is 2. The highest BCUT2D eigenvalue weighted by atomic mass is 16.5. The van der Waals surface area contributed by atoms with Crippen molar-refractivity contribution < 1.29 is 34.4 Å². The van der Waals surface area contributed by atoms with Gasteiger partial charge in [-0.2, -0.15) is 0 Å². The maximum absolute atomic E-state index is 12.8. The number of aliphatic hydroxyl groups excluding tert-OH is 2. The maximum atomic E-state index is 12.8. The molecule has 1 amide bonds. The number of nitrogens with one attached hydrogen (secondary N) is 2. The fourth-order valence-electron chi connectivity index (χ4n) is 4.16. The third-order valence-corrected chi connectivity index (χ3v) is 5.94. The first-order chi connectivity index (χ1) is 15.4. The summed E-state index contributed by atoms with van der Waals surface area (Å²) in [5.74, 6) is 0.488. The van der Waals surface area contributed by atoms with E-state index >= 15 is 0 Å². The van der Waals surface area contributed by atoms with Crippen molar-refractivity contribution in [2.45, 2.75) is 43.6 Å². The van der Waals surface area contributed by atoms with E-state index in [2.05, 4.69) is 15.2 Å². The van der Waals surface area contributed by atoms with Crippen LogP contribution in [0.1, 0.15) is 29.8 Å². The molecule has 0 unspecified atom stereocenters. The predicted octanol–water partition coefficient (Wildman–Crippen LogP) is 0.582. The van der Waals surface area contributed by atoms with Crippen LogP contribution in [0.5, 0.6) is 5.75 Å². The van der Waals surface area contributed by atoms with Gasteiger partial charge in [-0.25, -0.2) is 0 Å². The molecule has 0 saturated carbocycles. The molecular weight excluding hydrogens is 418 g/mol. The molecule has 2 aliphatic rings. The number of hydrogen-bond donors (Lipinski definition) is 5. The van der Waals surface area contributed by atoms with E-state index in [9.17, 15) is 15.0 Å². The van der Waals surface area contributed by atoms with E-state index < -0.39 is 6.10 Å². The summed E-state index contributed by atoms with van der Waals surface area (Å²) in [5.41, 5.74) is 1.31. The standard InChI is InChI=1S/C21H29N3O5.CH2O2/c1-28-15-2-3-16-13(10-15)11-18(22-16)21(27)23-17-6-9-29-19(20(17)26)12-24-7-4-14(25)5-8-24;2-1-3/h2-3,10-11,14,17,19-20,22,25-26H,4-9,12H2,1H3,(H,23,27);1H,(H,2,3)/t17-,19+,20-;/m0./s1. The van der Waals surface area contributed by atoms with Crippen molar-refractivity contribution in [3.05, 3.63) is 30.0 Å². The Morgan fingerprint density at radius 1 is 1.28 bits per heavy atom. The number of aromatic nitrogens is 1. The number of carbonyl (C=O) groups is 2. The van der Waals surface area contributed by atoms with Gasteiger partial charge >= 0.3 is 0 Å². The van der Waals surface area contributed by atoms with Crippen molar-refractivity contribution in [2.75, 3.05) is 33.4 Å². The van der Waals surface area contributed by atoms with E-state index in [0.717, 1.165) is 42.6 Å². The third-order valence-electron chi connectivity index (χ3n) is 5.94. The zero-order valence-electron chi connectivity index (χ0n) is 18.1. The van der Waals surface area contributed by atoms with Gasteiger partial charge in [0.25, 0.3) is 12.4 Å². The SMILES string of the molecule is COc1ccc2[nH]c(C(=O)N[C@H]3CCO[C@H](CN4CCC(O)CC4)[C@H]3O)cc2c1.O=CO. The number of carbonyl (C=O) groups excluding carboxylic acids is 1. The number of amides is 1. The van der Waals surface area contributed by atoms with Gasteiger partial charge in [0.2, 0.25) is 0 Å². The van der Waals surface area contributed by atoms with Crippen molar-refractivity contribution in [1.29, 1.82) is 0 Å². The highest BCUT2D eigenvalue weighted by Gasteiger charge is 2.35. The Morgan fingerprint density at radius 3 is 2.69 bits per heavy atom. The number of rotatable bonds is 5. The molecule has 2 aliphatic heterocycles. The highest BCUT2D eigenvalue weighted by molar-refractivity contribution is 5.98. The molecule has 0 radical (unpaired) electrons. The summed E-state index contributed by atoms with van der Waals surface area (Å²) in [7, 11) is 1.61. The first kappa shape index (κ1) is 24.0. The zero-order chi connectivity index (χ0) is 23.1. The lowest BCUT2D eigenvalue weighted by atomic mass is 9.98. The Morgan fingerprint density at radius 2 is 2.00 bits per heavy atom. The van der Waals surface area contributed by atoms with Crippen LogP contribution in [0.3, 0.4) is 0 Å². The first-order valence-corrected chi connectivity index (χ1v) is 10.7. The van der Waals surface area contributed by atoms with Crippen LogP contribution in [0.25, 0.3) is 10.9 Å². The molecule has 3 heterocycles. The van der Waals surface area contributed by atoms with Crippen molar-refractivity contribution in [3.63, 3.8) is 0 Å². The maximum Gasteiger partial charge on any atom is 0.290 e. The average Bonchev–Trinajstić information content (AvgIpc) is 3.22.